The van der Waals surface area contributed by atoms with Gasteiger partial charge >= 0.3 is 0 Å². The summed E-state index contributed by atoms with van der Waals surface area (Å²) >= 11 is 0. The SMILES string of the molecule is Cc1nn(C)c(N(C)CCCN(C)C)c1CNC1CC1. The Morgan fingerprint density at radius 3 is 2.55 bits per heavy atom. The number of hydrogen-bond acceptors (Lipinski definition) is 4. The van der Waals surface area contributed by atoms with Crippen molar-refractivity contribution in [2.75, 3.05) is 39.1 Å². The van der Waals surface area contributed by atoms with Gasteiger partial charge in [0.2, 0.25) is 0 Å². The highest BCUT2D eigenvalue weighted by Crippen LogP contribution is 2.25. The van der Waals surface area contributed by atoms with Gasteiger partial charge in [0.1, 0.15) is 5.82 Å². The molecule has 1 N–H and O–H groups in total. The third kappa shape index (κ3) is 3.96. The quantitative estimate of drug-likeness (QED) is 0.780. The molecule has 1 heterocycles. The van der Waals surface area contributed by atoms with E-state index in [4.69, 9.17) is 0 Å². The van der Waals surface area contributed by atoms with Gasteiger partial charge in [-0.2, -0.15) is 5.10 Å². The highest BCUT2D eigenvalue weighted by Gasteiger charge is 2.23. The first-order chi connectivity index (χ1) is 9.49. The van der Waals surface area contributed by atoms with Gasteiger partial charge in [-0.15, -0.1) is 0 Å². The topological polar surface area (TPSA) is 36.3 Å². The van der Waals surface area contributed by atoms with E-state index in [1.165, 1.54) is 30.6 Å². The lowest BCUT2D eigenvalue weighted by Gasteiger charge is -2.22. The Balaban J connectivity index is 1.99. The lowest BCUT2D eigenvalue weighted by atomic mass is 10.2. The molecule has 0 bridgehead atoms. The molecule has 1 aromatic rings. The highest BCUT2D eigenvalue weighted by molar-refractivity contribution is 5.49. The van der Waals surface area contributed by atoms with Crippen molar-refractivity contribution in [3.05, 3.63) is 11.3 Å². The van der Waals surface area contributed by atoms with Gasteiger partial charge in [0.15, 0.2) is 0 Å². The maximum absolute atomic E-state index is 4.60. The van der Waals surface area contributed by atoms with Crippen molar-refractivity contribution >= 4 is 5.82 Å². The molecule has 1 aromatic heterocycles. The van der Waals surface area contributed by atoms with Crippen LogP contribution in [0.5, 0.6) is 0 Å². The van der Waals surface area contributed by atoms with Crippen LogP contribution in [0.15, 0.2) is 0 Å². The lowest BCUT2D eigenvalue weighted by molar-refractivity contribution is 0.401. The molecule has 1 aliphatic rings. The molecule has 114 valence electrons. The van der Waals surface area contributed by atoms with Crippen molar-refractivity contribution < 1.29 is 0 Å². The zero-order valence-electron chi connectivity index (χ0n) is 13.6. The molecule has 0 radical (unpaired) electrons. The standard InChI is InChI=1S/C15H29N5/c1-12-14(11-16-13-7-8-13)15(20(5)17-12)19(4)10-6-9-18(2)3/h13,16H,6-11H2,1-5H3. The number of hydrogen-bond donors (Lipinski definition) is 1. The van der Waals surface area contributed by atoms with Crippen LogP contribution < -0.4 is 10.2 Å². The van der Waals surface area contributed by atoms with Gasteiger partial charge in [0.25, 0.3) is 0 Å². The molecule has 1 saturated carbocycles. The van der Waals surface area contributed by atoms with Crippen LogP contribution in [-0.4, -0.2) is 55.0 Å². The summed E-state index contributed by atoms with van der Waals surface area (Å²) in [7, 11) is 8.47. The average molecular weight is 279 g/mol. The van der Waals surface area contributed by atoms with Gasteiger partial charge in [-0.3, -0.25) is 4.68 Å². The second-order valence-corrected chi connectivity index (χ2v) is 6.24. The summed E-state index contributed by atoms with van der Waals surface area (Å²) in [6.07, 6.45) is 3.82. The molecular weight excluding hydrogens is 250 g/mol. The summed E-state index contributed by atoms with van der Waals surface area (Å²) in [5, 5.41) is 8.21. The van der Waals surface area contributed by atoms with Crippen LogP contribution in [-0.2, 0) is 13.6 Å². The molecule has 5 heteroatoms. The predicted molar refractivity (Wildman–Crippen MR) is 84.2 cm³/mol. The normalized spacial score (nSPS) is 15.1. The van der Waals surface area contributed by atoms with E-state index in [0.29, 0.717) is 0 Å². The summed E-state index contributed by atoms with van der Waals surface area (Å²) in [4.78, 5) is 4.57. The van der Waals surface area contributed by atoms with E-state index in [0.717, 1.165) is 31.4 Å². The van der Waals surface area contributed by atoms with Gasteiger partial charge in [-0.1, -0.05) is 0 Å². The molecule has 0 aliphatic heterocycles. The zero-order chi connectivity index (χ0) is 14.7. The van der Waals surface area contributed by atoms with E-state index in [1.807, 2.05) is 11.7 Å². The molecule has 0 atom stereocenters. The first-order valence-corrected chi connectivity index (χ1v) is 7.60. The van der Waals surface area contributed by atoms with E-state index >= 15 is 0 Å². The van der Waals surface area contributed by atoms with Crippen molar-refractivity contribution in [2.45, 2.75) is 38.8 Å². The molecule has 5 nitrogen and oxygen atoms in total. The highest BCUT2D eigenvalue weighted by atomic mass is 15.4. The number of anilines is 1. The van der Waals surface area contributed by atoms with Crippen molar-refractivity contribution in [2.24, 2.45) is 7.05 Å². The molecule has 0 amide bonds. The van der Waals surface area contributed by atoms with Crippen LogP contribution in [0.4, 0.5) is 5.82 Å². The average Bonchev–Trinajstić information content (AvgIpc) is 3.12. The molecule has 1 fully saturated rings. The van der Waals surface area contributed by atoms with Crippen molar-refractivity contribution in [1.82, 2.24) is 20.0 Å². The van der Waals surface area contributed by atoms with Gasteiger partial charge in [0.05, 0.1) is 5.69 Å². The Bertz CT molecular complexity index is 434. The molecule has 0 aromatic carbocycles. The second-order valence-electron chi connectivity index (χ2n) is 6.24. The van der Waals surface area contributed by atoms with Gasteiger partial charge in [-0.05, 0) is 46.8 Å². The number of rotatable bonds is 8. The molecule has 20 heavy (non-hydrogen) atoms. The lowest BCUT2D eigenvalue weighted by Crippen LogP contribution is -2.27. The van der Waals surface area contributed by atoms with Gasteiger partial charge in [-0.25, -0.2) is 0 Å². The van der Waals surface area contributed by atoms with E-state index in [-0.39, 0.29) is 0 Å². The fourth-order valence-corrected chi connectivity index (χ4v) is 2.64. The Morgan fingerprint density at radius 1 is 1.25 bits per heavy atom. The first-order valence-electron chi connectivity index (χ1n) is 7.60. The number of aromatic nitrogens is 2. The van der Waals surface area contributed by atoms with E-state index in [1.54, 1.807) is 0 Å². The molecular formula is C15H29N5. The third-order valence-electron chi connectivity index (χ3n) is 3.92. The van der Waals surface area contributed by atoms with Crippen LogP contribution in [0, 0.1) is 6.92 Å². The van der Waals surface area contributed by atoms with E-state index < -0.39 is 0 Å². The summed E-state index contributed by atoms with van der Waals surface area (Å²) in [5.41, 5.74) is 2.50. The minimum atomic E-state index is 0.738. The Kier molecular flexibility index (Phi) is 5.05. The Labute approximate surface area is 122 Å². The molecule has 0 unspecified atom stereocenters. The third-order valence-corrected chi connectivity index (χ3v) is 3.92. The molecule has 0 saturated heterocycles. The fourth-order valence-electron chi connectivity index (χ4n) is 2.64. The van der Waals surface area contributed by atoms with Crippen LogP contribution in [0.1, 0.15) is 30.5 Å². The maximum Gasteiger partial charge on any atom is 0.131 e. The van der Waals surface area contributed by atoms with Crippen molar-refractivity contribution in [3.8, 4) is 0 Å². The summed E-state index contributed by atoms with van der Waals surface area (Å²) < 4.78 is 2.02. The van der Waals surface area contributed by atoms with Crippen molar-refractivity contribution in [1.29, 1.82) is 0 Å². The Hall–Kier alpha value is -1.07. The summed E-state index contributed by atoms with van der Waals surface area (Å²) in [6.45, 7) is 5.24. The summed E-state index contributed by atoms with van der Waals surface area (Å²) in [6, 6.07) is 0.738. The van der Waals surface area contributed by atoms with E-state index in [9.17, 15) is 0 Å². The van der Waals surface area contributed by atoms with Crippen LogP contribution >= 0.6 is 0 Å². The largest absolute Gasteiger partial charge is 0.360 e. The fraction of sp³-hybridized carbons (Fsp3) is 0.800. The maximum atomic E-state index is 4.60. The second kappa shape index (κ2) is 6.59. The number of nitrogens with zero attached hydrogens (tertiary/aromatic N) is 4. The van der Waals surface area contributed by atoms with Gasteiger partial charge in [0, 0.05) is 38.8 Å². The number of aryl methyl sites for hydroxylation is 2. The van der Waals surface area contributed by atoms with Crippen LogP contribution in [0.3, 0.4) is 0 Å². The molecule has 1 aliphatic carbocycles. The van der Waals surface area contributed by atoms with Crippen LogP contribution in [0.25, 0.3) is 0 Å². The van der Waals surface area contributed by atoms with E-state index in [2.05, 4.69) is 48.3 Å². The minimum Gasteiger partial charge on any atom is -0.360 e. The first kappa shape index (κ1) is 15.3. The monoisotopic (exact) mass is 279 g/mol. The minimum absolute atomic E-state index is 0.738. The zero-order valence-corrected chi connectivity index (χ0v) is 13.6. The predicted octanol–water partition coefficient (Wildman–Crippen LogP) is 1.37. The van der Waals surface area contributed by atoms with Gasteiger partial charge < -0.3 is 15.1 Å². The van der Waals surface area contributed by atoms with Crippen LogP contribution in [0.2, 0.25) is 0 Å². The Morgan fingerprint density at radius 2 is 1.95 bits per heavy atom. The smallest absolute Gasteiger partial charge is 0.131 e. The molecule has 2 rings (SSSR count). The van der Waals surface area contributed by atoms with Crippen molar-refractivity contribution in [3.63, 3.8) is 0 Å². The molecule has 0 spiro atoms. The number of nitrogens with one attached hydrogen (secondary N) is 1. The summed E-state index contributed by atoms with van der Waals surface area (Å²) in [5.74, 6) is 1.26.